The summed E-state index contributed by atoms with van der Waals surface area (Å²) in [6.45, 7) is 3.85. The van der Waals surface area contributed by atoms with E-state index >= 15 is 0 Å². The standard InChI is InChI=1S/C10H17N3O/c1-9-12-6-4-10(13-9)8-11-5-2-3-7-14/h4,6,11,14H,2-3,5,7-8H2,1H3. The van der Waals surface area contributed by atoms with Crippen molar-refractivity contribution in [3.63, 3.8) is 0 Å². The molecule has 1 rings (SSSR count). The van der Waals surface area contributed by atoms with Crippen LogP contribution in [0.3, 0.4) is 0 Å². The molecule has 78 valence electrons. The summed E-state index contributed by atoms with van der Waals surface area (Å²) in [5.41, 5.74) is 1.02. The summed E-state index contributed by atoms with van der Waals surface area (Å²) in [7, 11) is 0. The van der Waals surface area contributed by atoms with Crippen molar-refractivity contribution < 1.29 is 5.11 Å². The van der Waals surface area contributed by atoms with Crippen LogP contribution in [0.4, 0.5) is 0 Å². The molecule has 1 aromatic rings. The Morgan fingerprint density at radius 1 is 1.43 bits per heavy atom. The van der Waals surface area contributed by atoms with E-state index in [0.717, 1.165) is 37.4 Å². The molecular weight excluding hydrogens is 178 g/mol. The number of nitrogens with zero attached hydrogens (tertiary/aromatic N) is 2. The van der Waals surface area contributed by atoms with Crippen molar-refractivity contribution in [3.05, 3.63) is 23.8 Å². The van der Waals surface area contributed by atoms with Crippen LogP contribution in [-0.4, -0.2) is 28.2 Å². The summed E-state index contributed by atoms with van der Waals surface area (Å²) in [5.74, 6) is 0.805. The molecule has 1 aromatic heterocycles. The van der Waals surface area contributed by atoms with E-state index in [1.165, 1.54) is 0 Å². The largest absolute Gasteiger partial charge is 0.396 e. The van der Waals surface area contributed by atoms with E-state index in [9.17, 15) is 0 Å². The maximum absolute atomic E-state index is 8.57. The van der Waals surface area contributed by atoms with Gasteiger partial charge in [-0.25, -0.2) is 9.97 Å². The van der Waals surface area contributed by atoms with Gasteiger partial charge in [-0.2, -0.15) is 0 Å². The molecule has 0 aromatic carbocycles. The molecule has 0 radical (unpaired) electrons. The van der Waals surface area contributed by atoms with Gasteiger partial charge in [-0.05, 0) is 32.4 Å². The van der Waals surface area contributed by atoms with Gasteiger partial charge in [0, 0.05) is 19.3 Å². The number of unbranched alkanes of at least 4 members (excludes halogenated alkanes) is 1. The van der Waals surface area contributed by atoms with E-state index in [-0.39, 0.29) is 6.61 Å². The molecule has 0 bridgehead atoms. The molecule has 2 N–H and O–H groups in total. The van der Waals surface area contributed by atoms with Gasteiger partial charge in [0.1, 0.15) is 5.82 Å². The topological polar surface area (TPSA) is 58.0 Å². The van der Waals surface area contributed by atoms with Gasteiger partial charge in [-0.15, -0.1) is 0 Å². The van der Waals surface area contributed by atoms with Crippen molar-refractivity contribution in [1.29, 1.82) is 0 Å². The first-order chi connectivity index (χ1) is 6.83. The number of rotatable bonds is 6. The Kier molecular flexibility index (Phi) is 5.11. The lowest BCUT2D eigenvalue weighted by molar-refractivity contribution is 0.283. The molecular formula is C10H17N3O. The fraction of sp³-hybridized carbons (Fsp3) is 0.600. The minimum atomic E-state index is 0.272. The Labute approximate surface area is 84.4 Å². The number of aromatic nitrogens is 2. The third-order valence-electron chi connectivity index (χ3n) is 1.90. The minimum absolute atomic E-state index is 0.272. The molecule has 0 spiro atoms. The third kappa shape index (κ3) is 4.30. The average molecular weight is 195 g/mol. The van der Waals surface area contributed by atoms with Gasteiger partial charge in [-0.3, -0.25) is 0 Å². The summed E-state index contributed by atoms with van der Waals surface area (Å²) in [5, 5.41) is 11.8. The summed E-state index contributed by atoms with van der Waals surface area (Å²) in [4.78, 5) is 8.29. The highest BCUT2D eigenvalue weighted by Gasteiger charge is 1.94. The monoisotopic (exact) mass is 195 g/mol. The zero-order valence-corrected chi connectivity index (χ0v) is 8.53. The molecule has 0 saturated carbocycles. The first-order valence-corrected chi connectivity index (χ1v) is 4.93. The molecule has 4 nitrogen and oxygen atoms in total. The second-order valence-electron chi connectivity index (χ2n) is 3.20. The van der Waals surface area contributed by atoms with Crippen molar-refractivity contribution in [3.8, 4) is 0 Å². The summed E-state index contributed by atoms with van der Waals surface area (Å²) < 4.78 is 0. The smallest absolute Gasteiger partial charge is 0.125 e. The lowest BCUT2D eigenvalue weighted by Gasteiger charge is -2.03. The molecule has 0 fully saturated rings. The van der Waals surface area contributed by atoms with Gasteiger partial charge in [0.05, 0.1) is 5.69 Å². The Balaban J connectivity index is 2.18. The van der Waals surface area contributed by atoms with Crippen LogP contribution in [0.2, 0.25) is 0 Å². The summed E-state index contributed by atoms with van der Waals surface area (Å²) in [6.07, 6.45) is 3.63. The first-order valence-electron chi connectivity index (χ1n) is 4.93. The van der Waals surface area contributed by atoms with E-state index in [2.05, 4.69) is 15.3 Å². The van der Waals surface area contributed by atoms with Gasteiger partial charge in [-0.1, -0.05) is 0 Å². The van der Waals surface area contributed by atoms with E-state index in [4.69, 9.17) is 5.11 Å². The third-order valence-corrected chi connectivity index (χ3v) is 1.90. The molecule has 0 atom stereocenters. The molecule has 0 amide bonds. The number of aryl methyl sites for hydroxylation is 1. The van der Waals surface area contributed by atoms with E-state index in [0.29, 0.717) is 0 Å². The van der Waals surface area contributed by atoms with Gasteiger partial charge in [0.15, 0.2) is 0 Å². The fourth-order valence-corrected chi connectivity index (χ4v) is 1.18. The van der Waals surface area contributed by atoms with Crippen LogP contribution in [-0.2, 0) is 6.54 Å². The lowest BCUT2D eigenvalue weighted by atomic mass is 10.3. The highest BCUT2D eigenvalue weighted by molar-refractivity contribution is 5.00. The predicted octanol–water partition coefficient (Wildman–Crippen LogP) is 0.647. The highest BCUT2D eigenvalue weighted by atomic mass is 16.2. The number of hydrogen-bond donors (Lipinski definition) is 2. The van der Waals surface area contributed by atoms with Gasteiger partial charge in [0.25, 0.3) is 0 Å². The number of aliphatic hydroxyl groups excluding tert-OH is 1. The molecule has 14 heavy (non-hydrogen) atoms. The van der Waals surface area contributed by atoms with E-state index in [1.54, 1.807) is 6.20 Å². The zero-order valence-electron chi connectivity index (χ0n) is 8.53. The number of aliphatic hydroxyl groups is 1. The van der Waals surface area contributed by atoms with Gasteiger partial charge < -0.3 is 10.4 Å². The minimum Gasteiger partial charge on any atom is -0.396 e. The van der Waals surface area contributed by atoms with Crippen LogP contribution in [0.1, 0.15) is 24.4 Å². The zero-order chi connectivity index (χ0) is 10.2. The van der Waals surface area contributed by atoms with Crippen molar-refractivity contribution in [1.82, 2.24) is 15.3 Å². The molecule has 0 aliphatic heterocycles. The normalized spacial score (nSPS) is 10.4. The van der Waals surface area contributed by atoms with Crippen molar-refractivity contribution in [2.24, 2.45) is 0 Å². The Hall–Kier alpha value is -1.00. The second-order valence-corrected chi connectivity index (χ2v) is 3.20. The second kappa shape index (κ2) is 6.45. The maximum Gasteiger partial charge on any atom is 0.125 e. The van der Waals surface area contributed by atoms with Gasteiger partial charge in [0.2, 0.25) is 0 Å². The Morgan fingerprint density at radius 2 is 2.29 bits per heavy atom. The number of nitrogens with one attached hydrogen (secondary N) is 1. The van der Waals surface area contributed by atoms with Gasteiger partial charge >= 0.3 is 0 Å². The molecule has 0 aliphatic carbocycles. The average Bonchev–Trinajstić information content (AvgIpc) is 2.18. The number of hydrogen-bond acceptors (Lipinski definition) is 4. The molecule has 0 aliphatic rings. The van der Waals surface area contributed by atoms with Crippen LogP contribution < -0.4 is 5.32 Å². The SMILES string of the molecule is Cc1nccc(CNCCCCO)n1. The Bertz CT molecular complexity index is 265. The first kappa shape index (κ1) is 11.1. The molecule has 1 heterocycles. The van der Waals surface area contributed by atoms with Crippen LogP contribution in [0.5, 0.6) is 0 Å². The summed E-state index contributed by atoms with van der Waals surface area (Å²) >= 11 is 0. The van der Waals surface area contributed by atoms with Crippen molar-refractivity contribution >= 4 is 0 Å². The quantitative estimate of drug-likeness (QED) is 0.654. The van der Waals surface area contributed by atoms with Crippen LogP contribution in [0.15, 0.2) is 12.3 Å². The van der Waals surface area contributed by atoms with Crippen molar-refractivity contribution in [2.75, 3.05) is 13.2 Å². The molecule has 0 unspecified atom stereocenters. The van der Waals surface area contributed by atoms with E-state index in [1.807, 2.05) is 13.0 Å². The fourth-order valence-electron chi connectivity index (χ4n) is 1.18. The van der Waals surface area contributed by atoms with Crippen LogP contribution in [0, 0.1) is 6.92 Å². The molecule has 0 saturated heterocycles. The Morgan fingerprint density at radius 3 is 3.00 bits per heavy atom. The van der Waals surface area contributed by atoms with Crippen LogP contribution >= 0.6 is 0 Å². The maximum atomic E-state index is 8.57. The highest BCUT2D eigenvalue weighted by Crippen LogP contribution is 1.94. The predicted molar refractivity (Wildman–Crippen MR) is 54.8 cm³/mol. The van der Waals surface area contributed by atoms with Crippen LogP contribution in [0.25, 0.3) is 0 Å². The lowest BCUT2D eigenvalue weighted by Crippen LogP contribution is -2.16. The van der Waals surface area contributed by atoms with Crippen molar-refractivity contribution in [2.45, 2.75) is 26.3 Å². The molecule has 4 heteroatoms. The summed E-state index contributed by atoms with van der Waals surface area (Å²) in [6, 6.07) is 1.91. The van der Waals surface area contributed by atoms with E-state index < -0.39 is 0 Å².